The highest BCUT2D eigenvalue weighted by molar-refractivity contribution is 9.10. The molecule has 0 aliphatic rings. The first-order valence-electron chi connectivity index (χ1n) is 6.61. The molecule has 0 radical (unpaired) electrons. The van der Waals surface area contributed by atoms with Crippen LogP contribution in [-0.4, -0.2) is 7.05 Å². The highest BCUT2D eigenvalue weighted by atomic mass is 79.9. The Morgan fingerprint density at radius 2 is 1.90 bits per heavy atom. The lowest BCUT2D eigenvalue weighted by Crippen LogP contribution is -2.16. The number of halogens is 1. The summed E-state index contributed by atoms with van der Waals surface area (Å²) >= 11 is 3.52. The lowest BCUT2D eigenvalue weighted by Gasteiger charge is -2.14. The second kappa shape index (κ2) is 5.43. The van der Waals surface area contributed by atoms with Crippen molar-refractivity contribution in [2.45, 2.75) is 13.0 Å². The Balaban J connectivity index is 2.09. The molecule has 2 nitrogen and oxygen atoms in total. The van der Waals surface area contributed by atoms with Crippen LogP contribution in [0.5, 0.6) is 0 Å². The van der Waals surface area contributed by atoms with E-state index in [-0.39, 0.29) is 6.04 Å². The van der Waals surface area contributed by atoms with Crippen LogP contribution < -0.4 is 5.32 Å². The predicted molar refractivity (Wildman–Crippen MR) is 86.0 cm³/mol. The molecule has 3 heteroatoms. The van der Waals surface area contributed by atoms with E-state index in [2.05, 4.69) is 64.6 Å². The van der Waals surface area contributed by atoms with Crippen LogP contribution in [0.3, 0.4) is 0 Å². The normalized spacial score (nSPS) is 12.8. The third kappa shape index (κ3) is 2.39. The summed E-state index contributed by atoms with van der Waals surface area (Å²) in [5.41, 5.74) is 3.31. The number of furan rings is 1. The van der Waals surface area contributed by atoms with Gasteiger partial charge in [-0.1, -0.05) is 46.3 Å². The van der Waals surface area contributed by atoms with Gasteiger partial charge in [-0.25, -0.2) is 0 Å². The summed E-state index contributed by atoms with van der Waals surface area (Å²) < 4.78 is 7.14. The molecule has 1 unspecified atom stereocenters. The highest BCUT2D eigenvalue weighted by Gasteiger charge is 2.17. The smallest absolute Gasteiger partial charge is 0.137 e. The van der Waals surface area contributed by atoms with Crippen molar-refractivity contribution < 1.29 is 4.42 Å². The first kappa shape index (κ1) is 13.4. The van der Waals surface area contributed by atoms with E-state index >= 15 is 0 Å². The molecule has 0 amide bonds. The Morgan fingerprint density at radius 1 is 1.10 bits per heavy atom. The molecule has 0 spiro atoms. The second-order valence-corrected chi connectivity index (χ2v) is 5.83. The van der Waals surface area contributed by atoms with Gasteiger partial charge < -0.3 is 9.73 Å². The minimum atomic E-state index is 0.0549. The van der Waals surface area contributed by atoms with Crippen LogP contribution in [0.1, 0.15) is 22.9 Å². The fraction of sp³-hybridized carbons (Fsp3) is 0.176. The third-order valence-corrected chi connectivity index (χ3v) is 4.01. The van der Waals surface area contributed by atoms with E-state index in [1.165, 1.54) is 5.56 Å². The van der Waals surface area contributed by atoms with E-state index in [0.717, 1.165) is 26.8 Å². The van der Waals surface area contributed by atoms with Crippen LogP contribution in [-0.2, 0) is 0 Å². The quantitative estimate of drug-likeness (QED) is 0.745. The Kier molecular flexibility index (Phi) is 3.64. The van der Waals surface area contributed by atoms with Gasteiger partial charge in [-0.3, -0.25) is 0 Å². The third-order valence-electron chi connectivity index (χ3n) is 3.52. The number of hydrogen-bond acceptors (Lipinski definition) is 2. The van der Waals surface area contributed by atoms with Gasteiger partial charge in [0.05, 0.1) is 6.04 Å². The van der Waals surface area contributed by atoms with Gasteiger partial charge in [0.1, 0.15) is 11.3 Å². The molecule has 1 heterocycles. The molecule has 3 aromatic rings. The Bertz CT molecular complexity index is 748. The number of benzene rings is 2. The average Bonchev–Trinajstić information content (AvgIpc) is 2.85. The molecular weight excluding hydrogens is 314 g/mol. The molecule has 0 aliphatic heterocycles. The van der Waals surface area contributed by atoms with Gasteiger partial charge in [0.15, 0.2) is 0 Å². The second-order valence-electron chi connectivity index (χ2n) is 4.92. The van der Waals surface area contributed by atoms with Gasteiger partial charge in [-0.05, 0) is 43.3 Å². The molecule has 0 bridgehead atoms. The van der Waals surface area contributed by atoms with Crippen molar-refractivity contribution in [1.82, 2.24) is 5.32 Å². The molecule has 0 fully saturated rings. The number of para-hydroxylation sites is 1. The molecule has 0 aliphatic carbocycles. The summed E-state index contributed by atoms with van der Waals surface area (Å²) in [5.74, 6) is 0.940. The van der Waals surface area contributed by atoms with E-state index in [0.29, 0.717) is 0 Å². The molecular formula is C17H16BrNO. The maximum Gasteiger partial charge on any atom is 0.137 e. The summed E-state index contributed by atoms with van der Waals surface area (Å²) in [6, 6.07) is 16.7. The molecule has 1 atom stereocenters. The van der Waals surface area contributed by atoms with Crippen molar-refractivity contribution in [2.75, 3.05) is 7.05 Å². The van der Waals surface area contributed by atoms with Crippen molar-refractivity contribution in [3.05, 3.63) is 69.9 Å². The van der Waals surface area contributed by atoms with Gasteiger partial charge in [-0.15, -0.1) is 0 Å². The van der Waals surface area contributed by atoms with Crippen LogP contribution in [0.4, 0.5) is 0 Å². The zero-order chi connectivity index (χ0) is 14.1. The number of rotatable bonds is 3. The zero-order valence-corrected chi connectivity index (χ0v) is 13.1. The zero-order valence-electron chi connectivity index (χ0n) is 11.5. The van der Waals surface area contributed by atoms with Crippen molar-refractivity contribution in [2.24, 2.45) is 0 Å². The fourth-order valence-corrected chi connectivity index (χ4v) is 2.95. The van der Waals surface area contributed by atoms with Gasteiger partial charge in [-0.2, -0.15) is 0 Å². The van der Waals surface area contributed by atoms with E-state index < -0.39 is 0 Å². The van der Waals surface area contributed by atoms with E-state index in [1.807, 2.05) is 19.2 Å². The highest BCUT2D eigenvalue weighted by Crippen LogP contribution is 2.30. The standard InChI is InChI=1S/C17H16BrNO/c1-11-5-3-7-13-10-15(20-17(11)13)16(19-2)12-6-4-8-14(18)9-12/h3-10,16,19H,1-2H3. The van der Waals surface area contributed by atoms with Gasteiger partial charge in [0, 0.05) is 9.86 Å². The first-order chi connectivity index (χ1) is 9.69. The molecule has 3 rings (SSSR count). The SMILES string of the molecule is CNC(c1cccc(Br)c1)c1cc2cccc(C)c2o1. The largest absolute Gasteiger partial charge is 0.459 e. The molecule has 20 heavy (non-hydrogen) atoms. The van der Waals surface area contributed by atoms with E-state index in [1.54, 1.807) is 0 Å². The summed E-state index contributed by atoms with van der Waals surface area (Å²) in [6.45, 7) is 2.07. The van der Waals surface area contributed by atoms with Gasteiger partial charge >= 0.3 is 0 Å². The van der Waals surface area contributed by atoms with Crippen LogP contribution in [0.15, 0.2) is 57.4 Å². The maximum absolute atomic E-state index is 6.07. The topological polar surface area (TPSA) is 25.2 Å². The summed E-state index contributed by atoms with van der Waals surface area (Å²) in [5, 5.41) is 4.48. The fourth-order valence-electron chi connectivity index (χ4n) is 2.53. The lowest BCUT2D eigenvalue weighted by atomic mass is 10.0. The summed E-state index contributed by atoms with van der Waals surface area (Å²) in [7, 11) is 1.95. The number of fused-ring (bicyclic) bond motifs is 1. The lowest BCUT2D eigenvalue weighted by molar-refractivity contribution is 0.490. The minimum absolute atomic E-state index is 0.0549. The van der Waals surface area contributed by atoms with Crippen LogP contribution in [0, 0.1) is 6.92 Å². The Morgan fingerprint density at radius 3 is 2.60 bits per heavy atom. The molecule has 0 saturated heterocycles. The van der Waals surface area contributed by atoms with Crippen molar-refractivity contribution >= 4 is 26.9 Å². The van der Waals surface area contributed by atoms with Gasteiger partial charge in [0.25, 0.3) is 0 Å². The first-order valence-corrected chi connectivity index (χ1v) is 7.40. The minimum Gasteiger partial charge on any atom is -0.459 e. The molecule has 0 saturated carbocycles. The Labute approximate surface area is 126 Å². The predicted octanol–water partition coefficient (Wildman–Crippen LogP) is 4.81. The monoisotopic (exact) mass is 329 g/mol. The molecule has 2 aromatic carbocycles. The van der Waals surface area contributed by atoms with Crippen LogP contribution in [0.25, 0.3) is 11.0 Å². The molecule has 102 valence electrons. The summed E-state index contributed by atoms with van der Waals surface area (Å²) in [4.78, 5) is 0. The Hall–Kier alpha value is -1.58. The number of nitrogens with one attached hydrogen (secondary N) is 1. The maximum atomic E-state index is 6.07. The van der Waals surface area contributed by atoms with Gasteiger partial charge in [0.2, 0.25) is 0 Å². The van der Waals surface area contributed by atoms with Crippen LogP contribution >= 0.6 is 15.9 Å². The molecule has 1 N–H and O–H groups in total. The molecule has 1 aromatic heterocycles. The van der Waals surface area contributed by atoms with E-state index in [4.69, 9.17) is 4.42 Å². The van der Waals surface area contributed by atoms with Crippen molar-refractivity contribution in [3.63, 3.8) is 0 Å². The van der Waals surface area contributed by atoms with Crippen LogP contribution in [0.2, 0.25) is 0 Å². The number of aryl methyl sites for hydroxylation is 1. The summed E-state index contributed by atoms with van der Waals surface area (Å²) in [6.07, 6.45) is 0. The van der Waals surface area contributed by atoms with Crippen molar-refractivity contribution in [1.29, 1.82) is 0 Å². The number of hydrogen-bond donors (Lipinski definition) is 1. The van der Waals surface area contributed by atoms with Crippen molar-refractivity contribution in [3.8, 4) is 0 Å². The van der Waals surface area contributed by atoms with E-state index in [9.17, 15) is 0 Å². The average molecular weight is 330 g/mol.